The molecule has 1 aromatic rings. The van der Waals surface area contributed by atoms with Gasteiger partial charge in [0.15, 0.2) is 0 Å². The molecule has 1 heteroatoms. The highest BCUT2D eigenvalue weighted by Crippen LogP contribution is 2.04. The Bertz CT molecular complexity index is 318. The summed E-state index contributed by atoms with van der Waals surface area (Å²) < 4.78 is 0. The maximum Gasteiger partial charge on any atom is 0.0240 e. The highest BCUT2D eigenvalue weighted by molar-refractivity contribution is 5.21. The normalized spacial score (nSPS) is 12.1. The molecule has 1 unspecified atom stereocenters. The van der Waals surface area contributed by atoms with E-state index in [9.17, 15) is 0 Å². The maximum absolute atomic E-state index is 5.30. The zero-order chi connectivity index (χ0) is 11.1. The van der Waals surface area contributed by atoms with Crippen LogP contribution < -0.4 is 5.32 Å². The smallest absolute Gasteiger partial charge is 0.0240 e. The molecule has 1 nitrogen and oxygen atoms in total. The highest BCUT2D eigenvalue weighted by atomic mass is 14.9. The molecule has 0 aliphatic carbocycles. The van der Waals surface area contributed by atoms with Gasteiger partial charge in [-0.25, -0.2) is 0 Å². The van der Waals surface area contributed by atoms with E-state index >= 15 is 0 Å². The average Bonchev–Trinajstić information content (AvgIpc) is 2.26. The van der Waals surface area contributed by atoms with Crippen molar-refractivity contribution >= 4 is 0 Å². The molecule has 0 aliphatic heterocycles. The summed E-state index contributed by atoms with van der Waals surface area (Å²) in [6, 6.07) is 9.03. The summed E-state index contributed by atoms with van der Waals surface area (Å²) in [5.74, 6) is 2.70. The lowest BCUT2D eigenvalue weighted by Gasteiger charge is -2.14. The van der Waals surface area contributed by atoms with Crippen molar-refractivity contribution in [2.24, 2.45) is 0 Å². The second-order valence-electron chi connectivity index (χ2n) is 3.88. The summed E-state index contributed by atoms with van der Waals surface area (Å²) in [6.07, 6.45) is 7.19. The standard InChI is InChI=1S/C14H19N/c1-4-6-14(5-2)15-11-13-9-7-12(3)8-10-13/h1,7-10,14-15H,5-6,11H2,2-3H3. The van der Waals surface area contributed by atoms with E-state index in [0.717, 1.165) is 19.4 Å². The molecule has 0 aromatic heterocycles. The molecule has 0 amide bonds. The molecule has 1 rings (SSSR count). The average molecular weight is 201 g/mol. The zero-order valence-corrected chi connectivity index (χ0v) is 9.59. The maximum atomic E-state index is 5.30. The first kappa shape index (κ1) is 11.8. The molecule has 0 fully saturated rings. The van der Waals surface area contributed by atoms with Gasteiger partial charge < -0.3 is 5.32 Å². The fraction of sp³-hybridized carbons (Fsp3) is 0.429. The van der Waals surface area contributed by atoms with Gasteiger partial charge in [0.1, 0.15) is 0 Å². The molecule has 1 atom stereocenters. The summed E-state index contributed by atoms with van der Waals surface area (Å²) in [5, 5.41) is 3.46. The number of rotatable bonds is 5. The molecule has 0 saturated heterocycles. The molecular formula is C14H19N. The van der Waals surface area contributed by atoms with E-state index < -0.39 is 0 Å². The van der Waals surface area contributed by atoms with Crippen LogP contribution in [0.1, 0.15) is 30.9 Å². The monoisotopic (exact) mass is 201 g/mol. The minimum Gasteiger partial charge on any atom is -0.309 e. The minimum atomic E-state index is 0.441. The topological polar surface area (TPSA) is 12.0 Å². The summed E-state index contributed by atoms with van der Waals surface area (Å²) in [4.78, 5) is 0. The largest absolute Gasteiger partial charge is 0.309 e. The third-order valence-electron chi connectivity index (χ3n) is 2.57. The Balaban J connectivity index is 2.42. The first-order valence-electron chi connectivity index (χ1n) is 5.48. The fourth-order valence-corrected chi connectivity index (χ4v) is 1.47. The highest BCUT2D eigenvalue weighted by Gasteiger charge is 2.02. The molecule has 0 radical (unpaired) electrons. The molecule has 0 spiro atoms. The van der Waals surface area contributed by atoms with Crippen LogP contribution in [0.3, 0.4) is 0 Å². The third kappa shape index (κ3) is 4.18. The van der Waals surface area contributed by atoms with Crippen molar-refractivity contribution in [2.45, 2.75) is 39.3 Å². The number of hydrogen-bond acceptors (Lipinski definition) is 1. The van der Waals surface area contributed by atoms with Crippen molar-refractivity contribution in [3.05, 3.63) is 35.4 Å². The van der Waals surface area contributed by atoms with Crippen LogP contribution in [-0.2, 0) is 6.54 Å². The fourth-order valence-electron chi connectivity index (χ4n) is 1.47. The molecule has 0 aliphatic rings. The summed E-state index contributed by atoms with van der Waals surface area (Å²) >= 11 is 0. The third-order valence-corrected chi connectivity index (χ3v) is 2.57. The van der Waals surface area contributed by atoms with Crippen LogP contribution in [0.2, 0.25) is 0 Å². The number of hydrogen-bond donors (Lipinski definition) is 1. The van der Waals surface area contributed by atoms with Gasteiger partial charge in [0, 0.05) is 19.0 Å². The van der Waals surface area contributed by atoms with Crippen molar-refractivity contribution in [1.82, 2.24) is 5.32 Å². The first-order valence-corrected chi connectivity index (χ1v) is 5.48. The lowest BCUT2D eigenvalue weighted by Crippen LogP contribution is -2.27. The number of benzene rings is 1. The van der Waals surface area contributed by atoms with Crippen LogP contribution in [0.4, 0.5) is 0 Å². The molecule has 15 heavy (non-hydrogen) atoms. The van der Waals surface area contributed by atoms with E-state index in [1.165, 1.54) is 11.1 Å². The lowest BCUT2D eigenvalue weighted by molar-refractivity contribution is 0.507. The molecule has 0 heterocycles. The van der Waals surface area contributed by atoms with Gasteiger partial charge in [-0.3, -0.25) is 0 Å². The number of aryl methyl sites for hydroxylation is 1. The first-order chi connectivity index (χ1) is 7.26. The van der Waals surface area contributed by atoms with Crippen LogP contribution in [0.25, 0.3) is 0 Å². The Labute approximate surface area is 92.9 Å². The Hall–Kier alpha value is -1.26. The summed E-state index contributed by atoms with van der Waals surface area (Å²) in [6.45, 7) is 5.16. The van der Waals surface area contributed by atoms with E-state index in [1.54, 1.807) is 0 Å². The van der Waals surface area contributed by atoms with Gasteiger partial charge in [0.05, 0.1) is 0 Å². The van der Waals surface area contributed by atoms with Crippen molar-refractivity contribution in [1.29, 1.82) is 0 Å². The van der Waals surface area contributed by atoms with E-state index in [-0.39, 0.29) is 0 Å². The quantitative estimate of drug-likeness (QED) is 0.722. The second-order valence-corrected chi connectivity index (χ2v) is 3.88. The summed E-state index contributed by atoms with van der Waals surface area (Å²) in [5.41, 5.74) is 2.62. The van der Waals surface area contributed by atoms with E-state index in [2.05, 4.69) is 49.4 Å². The Kier molecular flexibility index (Phi) is 4.93. The van der Waals surface area contributed by atoms with Gasteiger partial charge >= 0.3 is 0 Å². The minimum absolute atomic E-state index is 0.441. The predicted molar refractivity (Wildman–Crippen MR) is 65.5 cm³/mol. The van der Waals surface area contributed by atoms with Gasteiger partial charge in [0.2, 0.25) is 0 Å². The van der Waals surface area contributed by atoms with E-state index in [1.807, 2.05) is 0 Å². The molecule has 1 aromatic carbocycles. The van der Waals surface area contributed by atoms with Crippen molar-refractivity contribution in [3.63, 3.8) is 0 Å². The van der Waals surface area contributed by atoms with Crippen LogP contribution in [0.15, 0.2) is 24.3 Å². The van der Waals surface area contributed by atoms with Crippen molar-refractivity contribution < 1.29 is 0 Å². The number of nitrogens with one attached hydrogen (secondary N) is 1. The SMILES string of the molecule is C#CCC(CC)NCc1ccc(C)cc1. The van der Waals surface area contributed by atoms with Crippen LogP contribution in [-0.4, -0.2) is 6.04 Å². The Morgan fingerprint density at radius 2 is 2.00 bits per heavy atom. The van der Waals surface area contributed by atoms with Gasteiger partial charge in [-0.15, -0.1) is 12.3 Å². The predicted octanol–water partition coefficient (Wildman–Crippen LogP) is 2.89. The zero-order valence-electron chi connectivity index (χ0n) is 9.59. The van der Waals surface area contributed by atoms with Crippen molar-refractivity contribution in [2.75, 3.05) is 0 Å². The molecule has 0 bridgehead atoms. The Morgan fingerprint density at radius 3 is 2.53 bits per heavy atom. The van der Waals surface area contributed by atoms with Crippen LogP contribution in [0.5, 0.6) is 0 Å². The van der Waals surface area contributed by atoms with E-state index in [0.29, 0.717) is 6.04 Å². The molecule has 0 saturated carbocycles. The second kappa shape index (κ2) is 6.27. The Morgan fingerprint density at radius 1 is 1.33 bits per heavy atom. The van der Waals surface area contributed by atoms with Gasteiger partial charge in [-0.2, -0.15) is 0 Å². The van der Waals surface area contributed by atoms with Crippen molar-refractivity contribution in [3.8, 4) is 12.3 Å². The molecule has 1 N–H and O–H groups in total. The van der Waals surface area contributed by atoms with Gasteiger partial charge in [-0.05, 0) is 18.9 Å². The van der Waals surface area contributed by atoms with Gasteiger partial charge in [-0.1, -0.05) is 36.8 Å². The number of terminal acetylenes is 1. The van der Waals surface area contributed by atoms with Crippen LogP contribution >= 0.6 is 0 Å². The molecular weight excluding hydrogens is 182 g/mol. The molecule has 80 valence electrons. The lowest BCUT2D eigenvalue weighted by atomic mass is 10.1. The van der Waals surface area contributed by atoms with E-state index in [4.69, 9.17) is 6.42 Å². The van der Waals surface area contributed by atoms with Gasteiger partial charge in [0.25, 0.3) is 0 Å². The summed E-state index contributed by atoms with van der Waals surface area (Å²) in [7, 11) is 0. The van der Waals surface area contributed by atoms with Crippen LogP contribution in [0, 0.1) is 19.3 Å².